The van der Waals surface area contributed by atoms with Crippen molar-refractivity contribution in [3.63, 3.8) is 0 Å². The maximum atomic E-state index is 14.5. The van der Waals surface area contributed by atoms with Crippen LogP contribution in [0.1, 0.15) is 4.11 Å². The number of nitrogen functional groups attached to an aromatic ring is 1. The lowest BCUT2D eigenvalue weighted by atomic mass is 10.0. The molecule has 2 aromatic carbocycles. The largest absolute Gasteiger partial charge is 0.495 e. The monoisotopic (exact) mass is 402 g/mol. The number of benzene rings is 2. The molecule has 118 valence electrons. The first-order chi connectivity index (χ1) is 12.1. The molecule has 0 saturated heterocycles. The van der Waals surface area contributed by atoms with E-state index in [1.807, 2.05) is 0 Å². The Labute approximate surface area is 147 Å². The van der Waals surface area contributed by atoms with Crippen molar-refractivity contribution in [3.8, 4) is 16.9 Å². The average molecular weight is 404 g/mol. The smallest absolute Gasteiger partial charge is 0.152 e. The first-order valence-electron chi connectivity index (χ1n) is 7.65. The molecule has 0 aliphatic heterocycles. The van der Waals surface area contributed by atoms with Crippen LogP contribution in [0.2, 0.25) is 5.02 Å². The molecule has 1 heterocycles. The molecule has 23 heavy (non-hydrogen) atoms. The summed E-state index contributed by atoms with van der Waals surface area (Å²) in [6.45, 7) is 0. The minimum atomic E-state index is -2.76. The summed E-state index contributed by atoms with van der Waals surface area (Å²) in [5.41, 5.74) is 6.16. The number of halogens is 4. The topological polar surface area (TPSA) is 61.0 Å². The van der Waals surface area contributed by atoms with Crippen LogP contribution in [0.15, 0.2) is 29.0 Å². The molecule has 3 rings (SSSR count). The van der Waals surface area contributed by atoms with Gasteiger partial charge in [-0.3, -0.25) is 0 Å². The number of anilines is 1. The molecular formula is C15H9BrClF2N3O. The lowest BCUT2D eigenvalue weighted by Crippen LogP contribution is -1.99. The Bertz CT molecular complexity index is 1030. The molecule has 0 atom stereocenters. The second-order valence-corrected chi connectivity index (χ2v) is 5.77. The second-order valence-electron chi connectivity index (χ2n) is 4.54. The Balaban J connectivity index is 2.39. The van der Waals surface area contributed by atoms with Crippen LogP contribution in [-0.2, 0) is 0 Å². The molecule has 1 aromatic heterocycles. The molecule has 0 fully saturated rings. The molecule has 8 heteroatoms. The SMILES string of the molecule is [2H]C([2H])([2H])Oc1c(Br)cc(-c2ccc(F)c(Cl)c2F)c2ncnc(N)c12. The molecule has 0 amide bonds. The van der Waals surface area contributed by atoms with E-state index in [1.54, 1.807) is 0 Å². The maximum Gasteiger partial charge on any atom is 0.152 e. The Morgan fingerprint density at radius 3 is 2.83 bits per heavy atom. The number of hydrogen-bond donors (Lipinski definition) is 1. The third-order valence-corrected chi connectivity index (χ3v) is 4.21. The Morgan fingerprint density at radius 1 is 1.30 bits per heavy atom. The Kier molecular flexibility index (Phi) is 3.19. The highest BCUT2D eigenvalue weighted by molar-refractivity contribution is 9.10. The number of ether oxygens (including phenoxy) is 1. The second kappa shape index (κ2) is 5.90. The molecule has 0 aliphatic carbocycles. The summed E-state index contributed by atoms with van der Waals surface area (Å²) in [5.74, 6) is -2.07. The van der Waals surface area contributed by atoms with Gasteiger partial charge in [0.05, 0.1) is 26.5 Å². The zero-order chi connectivity index (χ0) is 19.2. The van der Waals surface area contributed by atoms with Crippen LogP contribution < -0.4 is 10.5 Å². The Hall–Kier alpha value is -1.99. The van der Waals surface area contributed by atoms with Gasteiger partial charge in [0.15, 0.2) is 5.82 Å². The molecule has 0 bridgehead atoms. The number of hydrogen-bond acceptors (Lipinski definition) is 4. The number of aromatic nitrogens is 2. The Morgan fingerprint density at radius 2 is 2.09 bits per heavy atom. The highest BCUT2D eigenvalue weighted by Gasteiger charge is 2.20. The van der Waals surface area contributed by atoms with Crippen molar-refractivity contribution < 1.29 is 17.6 Å². The number of nitrogens with two attached hydrogens (primary N) is 1. The van der Waals surface area contributed by atoms with E-state index in [9.17, 15) is 8.78 Å². The molecule has 0 spiro atoms. The summed E-state index contributed by atoms with van der Waals surface area (Å²) in [4.78, 5) is 7.89. The van der Waals surface area contributed by atoms with E-state index in [4.69, 9.17) is 26.2 Å². The van der Waals surface area contributed by atoms with E-state index in [0.717, 1.165) is 12.4 Å². The van der Waals surface area contributed by atoms with E-state index in [0.29, 0.717) is 0 Å². The molecule has 3 aromatic rings. The first-order valence-corrected chi connectivity index (χ1v) is 7.33. The third kappa shape index (κ3) is 2.49. The fourth-order valence-corrected chi connectivity index (χ4v) is 2.92. The van der Waals surface area contributed by atoms with Gasteiger partial charge in [0.1, 0.15) is 28.7 Å². The lowest BCUT2D eigenvalue weighted by Gasteiger charge is -2.14. The van der Waals surface area contributed by atoms with Gasteiger partial charge in [0.2, 0.25) is 0 Å². The van der Waals surface area contributed by atoms with E-state index >= 15 is 0 Å². The van der Waals surface area contributed by atoms with E-state index < -0.39 is 23.7 Å². The maximum absolute atomic E-state index is 14.5. The quantitative estimate of drug-likeness (QED) is 0.636. The number of fused-ring (bicyclic) bond motifs is 1. The third-order valence-electron chi connectivity index (χ3n) is 3.27. The number of methoxy groups -OCH3 is 1. The normalized spacial score (nSPS) is 13.5. The zero-order valence-corrected chi connectivity index (χ0v) is 13.5. The molecule has 2 N–H and O–H groups in total. The van der Waals surface area contributed by atoms with Crippen LogP contribution in [0.25, 0.3) is 22.0 Å². The predicted molar refractivity (Wildman–Crippen MR) is 88.6 cm³/mol. The van der Waals surface area contributed by atoms with Gasteiger partial charge in [-0.25, -0.2) is 18.7 Å². The summed E-state index contributed by atoms with van der Waals surface area (Å²) < 4.78 is 55.1. The van der Waals surface area contributed by atoms with Crippen LogP contribution >= 0.6 is 27.5 Å². The first kappa shape index (κ1) is 12.4. The van der Waals surface area contributed by atoms with Crippen molar-refractivity contribution in [2.45, 2.75) is 0 Å². The van der Waals surface area contributed by atoms with Gasteiger partial charge in [0.25, 0.3) is 0 Å². The summed E-state index contributed by atoms with van der Waals surface area (Å²) in [5, 5.41) is -0.593. The minimum absolute atomic E-state index is 0.0411. The molecule has 0 aliphatic rings. The molecule has 0 unspecified atom stereocenters. The highest BCUT2D eigenvalue weighted by atomic mass is 79.9. The van der Waals surface area contributed by atoms with Gasteiger partial charge in [-0.15, -0.1) is 0 Å². The van der Waals surface area contributed by atoms with Crippen molar-refractivity contribution in [1.82, 2.24) is 9.97 Å². The van der Waals surface area contributed by atoms with Crippen LogP contribution in [0.5, 0.6) is 5.75 Å². The van der Waals surface area contributed by atoms with Crippen molar-refractivity contribution in [1.29, 1.82) is 0 Å². The lowest BCUT2D eigenvalue weighted by molar-refractivity contribution is 0.417. The average Bonchev–Trinajstić information content (AvgIpc) is 2.54. The van der Waals surface area contributed by atoms with Gasteiger partial charge in [0, 0.05) is 11.1 Å². The van der Waals surface area contributed by atoms with Crippen molar-refractivity contribution in [2.24, 2.45) is 0 Å². The van der Waals surface area contributed by atoms with Crippen molar-refractivity contribution >= 4 is 44.3 Å². The minimum Gasteiger partial charge on any atom is -0.495 e. The molecule has 4 nitrogen and oxygen atoms in total. The van der Waals surface area contributed by atoms with Crippen LogP contribution in [0.3, 0.4) is 0 Å². The predicted octanol–water partition coefficient (Wildman–Crippen LogP) is 4.58. The summed E-state index contributed by atoms with van der Waals surface area (Å²) in [6, 6.07) is 3.60. The summed E-state index contributed by atoms with van der Waals surface area (Å²) >= 11 is 8.85. The van der Waals surface area contributed by atoms with Crippen LogP contribution in [0, 0.1) is 11.6 Å². The van der Waals surface area contributed by atoms with Crippen molar-refractivity contribution in [2.75, 3.05) is 12.8 Å². The summed E-state index contributed by atoms with van der Waals surface area (Å²) in [6.07, 6.45) is 1.14. The van der Waals surface area contributed by atoms with Gasteiger partial charge >= 0.3 is 0 Å². The molecule has 0 radical (unpaired) electrons. The van der Waals surface area contributed by atoms with Crippen LogP contribution in [-0.4, -0.2) is 17.0 Å². The molecular weight excluding hydrogens is 392 g/mol. The van der Waals surface area contributed by atoms with Gasteiger partial charge in [-0.2, -0.15) is 0 Å². The fourth-order valence-electron chi connectivity index (χ4n) is 2.25. The highest BCUT2D eigenvalue weighted by Crippen LogP contribution is 2.42. The molecule has 0 saturated carbocycles. The van der Waals surface area contributed by atoms with Crippen LogP contribution in [0.4, 0.5) is 14.6 Å². The van der Waals surface area contributed by atoms with Gasteiger partial charge < -0.3 is 10.5 Å². The number of rotatable bonds is 2. The van der Waals surface area contributed by atoms with E-state index in [1.165, 1.54) is 12.1 Å². The van der Waals surface area contributed by atoms with Crippen molar-refractivity contribution in [3.05, 3.63) is 45.7 Å². The standard InChI is InChI=1S/C15H9BrClF2N3O/c1-23-14-8(16)4-7(13-10(14)15(20)22-5-21-13)6-2-3-9(18)11(17)12(6)19/h2-5H,1H3,(H2,20,21,22)/i1D3. The van der Waals surface area contributed by atoms with E-state index in [2.05, 4.69) is 25.9 Å². The van der Waals surface area contributed by atoms with Gasteiger partial charge in [-0.1, -0.05) is 11.6 Å². The zero-order valence-electron chi connectivity index (χ0n) is 14.2. The fraction of sp³-hybridized carbons (Fsp3) is 0.0667. The van der Waals surface area contributed by atoms with E-state index in [-0.39, 0.29) is 38.1 Å². The number of nitrogens with zero attached hydrogens (tertiary/aromatic N) is 2. The van der Waals surface area contributed by atoms with Gasteiger partial charge in [-0.05, 0) is 34.1 Å². The summed E-state index contributed by atoms with van der Waals surface area (Å²) in [7, 11) is -2.76.